The number of carbonyl (C=O) groups is 1. The number of fused-ring (bicyclic) bond motifs is 1. The van der Waals surface area contributed by atoms with Crippen LogP contribution in [0, 0.1) is 12.7 Å². The van der Waals surface area contributed by atoms with Crippen molar-refractivity contribution >= 4 is 16.8 Å². The molecule has 6 rings (SSSR count). The molecule has 1 aliphatic rings. The summed E-state index contributed by atoms with van der Waals surface area (Å²) in [5, 5.41) is 14.7. The summed E-state index contributed by atoms with van der Waals surface area (Å²) in [5.41, 5.74) is 5.93. The molecular formula is C36H38FN5O2. The number of para-hydroxylation sites is 1. The number of halogens is 1. The molecule has 0 aliphatic carbocycles. The molecule has 5 aromatic rings. The first-order chi connectivity index (χ1) is 21.2. The summed E-state index contributed by atoms with van der Waals surface area (Å²) in [6, 6.07) is 23.0. The average molecular weight is 592 g/mol. The average Bonchev–Trinajstić information content (AvgIpc) is 3.45. The van der Waals surface area contributed by atoms with E-state index in [1.165, 1.54) is 36.6 Å². The number of phenols is 1. The largest absolute Gasteiger partial charge is 0.508 e. The SMILES string of the molecule is Cc1cc(C(=O)NC(c2cc3ccccc3[nH]2)c2cc(F)ccc2O)cc(-c2ccc(CN3CCC(N(C)C)CC3)cn2)c1. The van der Waals surface area contributed by atoms with Gasteiger partial charge in [-0.25, -0.2) is 4.39 Å². The van der Waals surface area contributed by atoms with Gasteiger partial charge in [0.05, 0.1) is 11.7 Å². The number of amides is 1. The molecule has 1 amide bonds. The highest BCUT2D eigenvalue weighted by Crippen LogP contribution is 2.32. The molecule has 0 saturated carbocycles. The molecule has 1 atom stereocenters. The Kier molecular flexibility index (Phi) is 8.46. The lowest BCUT2D eigenvalue weighted by molar-refractivity contribution is 0.0942. The Hall–Kier alpha value is -4.53. The lowest BCUT2D eigenvalue weighted by Gasteiger charge is -2.35. The number of aromatic amines is 1. The molecule has 3 N–H and O–H groups in total. The first kappa shape index (κ1) is 29.5. The van der Waals surface area contributed by atoms with E-state index < -0.39 is 11.9 Å². The van der Waals surface area contributed by atoms with E-state index in [0.29, 0.717) is 17.3 Å². The molecule has 3 heterocycles. The fraction of sp³-hybridized carbons (Fsp3) is 0.278. The third kappa shape index (κ3) is 6.51. The van der Waals surface area contributed by atoms with E-state index in [9.17, 15) is 14.3 Å². The fourth-order valence-corrected chi connectivity index (χ4v) is 6.15. The third-order valence-electron chi connectivity index (χ3n) is 8.59. The van der Waals surface area contributed by atoms with E-state index >= 15 is 0 Å². The van der Waals surface area contributed by atoms with Crippen LogP contribution in [0.2, 0.25) is 0 Å². The smallest absolute Gasteiger partial charge is 0.252 e. The predicted molar refractivity (Wildman–Crippen MR) is 172 cm³/mol. The number of phenolic OH excluding ortho intramolecular Hbond substituents is 1. The maximum atomic E-state index is 14.3. The van der Waals surface area contributed by atoms with Crippen LogP contribution in [0.1, 0.15) is 51.6 Å². The van der Waals surface area contributed by atoms with Crippen molar-refractivity contribution in [1.29, 1.82) is 0 Å². The van der Waals surface area contributed by atoms with E-state index in [1.54, 1.807) is 0 Å². The molecule has 1 fully saturated rings. The molecule has 0 spiro atoms. The molecule has 44 heavy (non-hydrogen) atoms. The zero-order valence-electron chi connectivity index (χ0n) is 25.3. The fourth-order valence-electron chi connectivity index (χ4n) is 6.15. The molecule has 3 aromatic carbocycles. The van der Waals surface area contributed by atoms with Crippen LogP contribution in [0.5, 0.6) is 5.75 Å². The third-order valence-corrected chi connectivity index (χ3v) is 8.59. The number of likely N-dealkylation sites (tertiary alicyclic amines) is 1. The van der Waals surface area contributed by atoms with Crippen LogP contribution in [0.4, 0.5) is 4.39 Å². The van der Waals surface area contributed by atoms with Crippen molar-refractivity contribution < 1.29 is 14.3 Å². The molecule has 8 heteroatoms. The van der Waals surface area contributed by atoms with Gasteiger partial charge >= 0.3 is 0 Å². The lowest BCUT2D eigenvalue weighted by atomic mass is 9.99. The highest BCUT2D eigenvalue weighted by Gasteiger charge is 2.24. The highest BCUT2D eigenvalue weighted by molar-refractivity contribution is 5.96. The highest BCUT2D eigenvalue weighted by atomic mass is 19.1. The number of hydrogen-bond acceptors (Lipinski definition) is 5. The van der Waals surface area contributed by atoms with Gasteiger partial charge in [-0.15, -0.1) is 0 Å². The van der Waals surface area contributed by atoms with E-state index in [4.69, 9.17) is 4.98 Å². The quantitative estimate of drug-likeness (QED) is 0.194. The van der Waals surface area contributed by atoms with Crippen molar-refractivity contribution in [1.82, 2.24) is 25.1 Å². The van der Waals surface area contributed by atoms with Crippen molar-refractivity contribution in [3.8, 4) is 17.0 Å². The number of benzene rings is 3. The minimum atomic E-state index is -0.810. The predicted octanol–water partition coefficient (Wildman–Crippen LogP) is 6.43. The summed E-state index contributed by atoms with van der Waals surface area (Å²) in [7, 11) is 4.31. The molecule has 7 nitrogen and oxygen atoms in total. The van der Waals surface area contributed by atoms with Crippen LogP contribution in [0.25, 0.3) is 22.2 Å². The zero-order chi connectivity index (χ0) is 30.8. The summed E-state index contributed by atoms with van der Waals surface area (Å²) < 4.78 is 14.3. The number of nitrogens with zero attached hydrogens (tertiary/aromatic N) is 3. The first-order valence-corrected chi connectivity index (χ1v) is 15.1. The standard InChI is InChI=1S/C36H38FN5O2/c1-23-16-26(31-10-8-24(21-38-31)22-42-14-12-29(13-15-42)41(2)3)18-27(17-23)36(44)40-35(30-20-28(37)9-11-34(30)43)33-19-25-6-4-5-7-32(25)39-33/h4-11,16-21,29,35,39,43H,12-15,22H2,1-3H3,(H,40,44). The summed E-state index contributed by atoms with van der Waals surface area (Å²) in [5.74, 6) is -0.953. The Balaban J connectivity index is 1.23. The van der Waals surface area contributed by atoms with Gasteiger partial charge < -0.3 is 20.3 Å². The Bertz CT molecular complexity index is 1740. The number of piperidine rings is 1. The number of hydrogen-bond donors (Lipinski definition) is 3. The number of pyridine rings is 1. The maximum Gasteiger partial charge on any atom is 0.252 e. The molecule has 2 aromatic heterocycles. The summed E-state index contributed by atoms with van der Waals surface area (Å²) in [6.45, 7) is 4.97. The molecule has 0 bridgehead atoms. The van der Waals surface area contributed by atoms with Gasteiger partial charge in [0.2, 0.25) is 0 Å². The van der Waals surface area contributed by atoms with Gasteiger partial charge in [-0.2, -0.15) is 0 Å². The molecule has 1 aliphatic heterocycles. The van der Waals surface area contributed by atoms with E-state index in [-0.39, 0.29) is 17.2 Å². The summed E-state index contributed by atoms with van der Waals surface area (Å²) >= 11 is 0. The van der Waals surface area contributed by atoms with Crippen LogP contribution in [0.3, 0.4) is 0 Å². The van der Waals surface area contributed by atoms with Gasteiger partial charge in [-0.3, -0.25) is 14.7 Å². The van der Waals surface area contributed by atoms with E-state index in [1.807, 2.05) is 67.7 Å². The van der Waals surface area contributed by atoms with Gasteiger partial charge in [0, 0.05) is 46.7 Å². The van der Waals surface area contributed by atoms with Crippen molar-refractivity contribution in [3.05, 3.63) is 119 Å². The van der Waals surface area contributed by atoms with Crippen molar-refractivity contribution in [2.45, 2.75) is 38.4 Å². The second-order valence-corrected chi connectivity index (χ2v) is 12.0. The van der Waals surface area contributed by atoms with Crippen molar-refractivity contribution in [2.75, 3.05) is 27.2 Å². The minimum Gasteiger partial charge on any atom is -0.508 e. The van der Waals surface area contributed by atoms with Gasteiger partial charge in [-0.05, 0) is 118 Å². The number of H-pyrrole nitrogens is 1. The van der Waals surface area contributed by atoms with Crippen LogP contribution in [0.15, 0.2) is 85.1 Å². The topological polar surface area (TPSA) is 84.5 Å². The first-order valence-electron chi connectivity index (χ1n) is 15.1. The van der Waals surface area contributed by atoms with Gasteiger partial charge in [-0.1, -0.05) is 24.3 Å². The zero-order valence-corrected chi connectivity index (χ0v) is 25.3. The number of carbonyl (C=O) groups excluding carboxylic acids is 1. The number of nitrogens with one attached hydrogen (secondary N) is 2. The maximum absolute atomic E-state index is 14.3. The van der Waals surface area contributed by atoms with Gasteiger partial charge in [0.25, 0.3) is 5.91 Å². The summed E-state index contributed by atoms with van der Waals surface area (Å²) in [4.78, 5) is 26.6. The molecule has 0 radical (unpaired) electrons. The van der Waals surface area contributed by atoms with E-state index in [0.717, 1.165) is 47.4 Å². The Morgan fingerprint density at radius 2 is 1.86 bits per heavy atom. The van der Waals surface area contributed by atoms with E-state index in [2.05, 4.69) is 40.3 Å². The van der Waals surface area contributed by atoms with Crippen molar-refractivity contribution in [2.24, 2.45) is 0 Å². The van der Waals surface area contributed by atoms with Crippen LogP contribution in [-0.2, 0) is 6.54 Å². The minimum absolute atomic E-state index is 0.105. The number of rotatable bonds is 8. The Labute approximate surface area is 257 Å². The normalized spacial score (nSPS) is 15.1. The number of aromatic hydroxyl groups is 1. The second kappa shape index (κ2) is 12.6. The van der Waals surface area contributed by atoms with Crippen LogP contribution < -0.4 is 5.32 Å². The monoisotopic (exact) mass is 591 g/mol. The molecular weight excluding hydrogens is 553 g/mol. The van der Waals surface area contributed by atoms with Gasteiger partial charge in [0.15, 0.2) is 0 Å². The van der Waals surface area contributed by atoms with Gasteiger partial charge in [0.1, 0.15) is 11.6 Å². The number of aromatic nitrogens is 2. The van der Waals surface area contributed by atoms with Crippen LogP contribution in [-0.4, -0.2) is 64.0 Å². The molecule has 1 saturated heterocycles. The molecule has 226 valence electrons. The second-order valence-electron chi connectivity index (χ2n) is 12.0. The number of aryl methyl sites for hydroxylation is 1. The Morgan fingerprint density at radius 1 is 1.07 bits per heavy atom. The van der Waals surface area contributed by atoms with Crippen LogP contribution >= 0.6 is 0 Å². The Morgan fingerprint density at radius 3 is 2.59 bits per heavy atom. The lowest BCUT2D eigenvalue weighted by Crippen LogP contribution is -2.41. The summed E-state index contributed by atoms with van der Waals surface area (Å²) in [6.07, 6.45) is 4.27. The van der Waals surface area contributed by atoms with Crippen molar-refractivity contribution in [3.63, 3.8) is 0 Å². The molecule has 1 unspecified atom stereocenters.